The molecule has 0 saturated heterocycles. The van der Waals surface area contributed by atoms with Crippen molar-refractivity contribution in [3.63, 3.8) is 0 Å². The summed E-state index contributed by atoms with van der Waals surface area (Å²) in [6.45, 7) is 8.91. The molecular formula is C30H36FN3O4S. The average molecular weight is 554 g/mol. The number of nitrogens with zero attached hydrogens (tertiary/aromatic N) is 2. The summed E-state index contributed by atoms with van der Waals surface area (Å²) in [7, 11) is -4.24. The zero-order valence-corrected chi connectivity index (χ0v) is 23.8. The summed E-state index contributed by atoms with van der Waals surface area (Å²) in [5, 5.41) is 2.95. The van der Waals surface area contributed by atoms with Gasteiger partial charge in [-0.2, -0.15) is 0 Å². The SMILES string of the molecule is CC[C@H](C(=O)NC(C)(C)C)N(Cc1ccc(C)cc1)C(=O)CN(c1ccccc1)S(=O)(=O)c1ccc(F)cc1. The van der Waals surface area contributed by atoms with E-state index in [0.717, 1.165) is 27.6 Å². The highest BCUT2D eigenvalue weighted by atomic mass is 32.2. The van der Waals surface area contributed by atoms with E-state index in [1.807, 2.05) is 58.9 Å². The molecule has 0 aliphatic carbocycles. The molecule has 1 atom stereocenters. The van der Waals surface area contributed by atoms with Crippen molar-refractivity contribution >= 4 is 27.5 Å². The first-order valence-corrected chi connectivity index (χ1v) is 14.3. The summed E-state index contributed by atoms with van der Waals surface area (Å²) in [5.41, 5.74) is 1.61. The number of anilines is 1. The van der Waals surface area contributed by atoms with E-state index in [9.17, 15) is 22.4 Å². The predicted octanol–water partition coefficient (Wildman–Crippen LogP) is 5.05. The van der Waals surface area contributed by atoms with Gasteiger partial charge in [0.25, 0.3) is 10.0 Å². The third-order valence-corrected chi connectivity index (χ3v) is 7.87. The number of para-hydroxylation sites is 1. The Balaban J connectivity index is 2.04. The maximum Gasteiger partial charge on any atom is 0.264 e. The molecule has 0 spiro atoms. The van der Waals surface area contributed by atoms with Crippen LogP contribution >= 0.6 is 0 Å². The van der Waals surface area contributed by atoms with Gasteiger partial charge < -0.3 is 10.2 Å². The van der Waals surface area contributed by atoms with Gasteiger partial charge in [-0.25, -0.2) is 12.8 Å². The maximum atomic E-state index is 14.0. The molecule has 0 radical (unpaired) electrons. The Morgan fingerprint density at radius 3 is 2.05 bits per heavy atom. The first-order chi connectivity index (χ1) is 18.3. The molecule has 3 rings (SSSR count). The minimum Gasteiger partial charge on any atom is -0.350 e. The molecule has 0 bridgehead atoms. The summed E-state index contributed by atoms with van der Waals surface area (Å²) >= 11 is 0. The number of benzene rings is 3. The number of hydrogen-bond acceptors (Lipinski definition) is 4. The fourth-order valence-corrected chi connectivity index (χ4v) is 5.53. The standard InChI is InChI=1S/C30H36FN3O4S/c1-6-27(29(36)32-30(3,4)5)33(20-23-14-12-22(2)13-15-23)28(35)21-34(25-10-8-7-9-11-25)39(37,38)26-18-16-24(31)17-19-26/h7-19,27H,6,20-21H2,1-5H3,(H,32,36)/t27-/m1/s1. The highest BCUT2D eigenvalue weighted by Gasteiger charge is 2.34. The van der Waals surface area contributed by atoms with E-state index in [1.54, 1.807) is 30.3 Å². The van der Waals surface area contributed by atoms with E-state index in [0.29, 0.717) is 6.42 Å². The van der Waals surface area contributed by atoms with Crippen LogP contribution in [0.5, 0.6) is 0 Å². The van der Waals surface area contributed by atoms with Crippen molar-refractivity contribution in [2.45, 2.75) is 64.1 Å². The third kappa shape index (κ3) is 7.89. The molecule has 0 fully saturated rings. The van der Waals surface area contributed by atoms with E-state index in [4.69, 9.17) is 0 Å². The maximum absolute atomic E-state index is 14.0. The van der Waals surface area contributed by atoms with Crippen LogP contribution in [0.2, 0.25) is 0 Å². The lowest BCUT2D eigenvalue weighted by Crippen LogP contribution is -2.55. The molecule has 9 heteroatoms. The largest absolute Gasteiger partial charge is 0.350 e. The van der Waals surface area contributed by atoms with Crippen LogP contribution in [0.4, 0.5) is 10.1 Å². The number of carbonyl (C=O) groups excluding carboxylic acids is 2. The Kier molecular flexibility index (Phi) is 9.50. The number of carbonyl (C=O) groups is 2. The molecule has 0 saturated carbocycles. The molecule has 0 aliphatic heterocycles. The summed E-state index contributed by atoms with van der Waals surface area (Å²) in [4.78, 5) is 28.6. The second kappa shape index (κ2) is 12.4. The van der Waals surface area contributed by atoms with Crippen LogP contribution in [-0.2, 0) is 26.2 Å². The number of halogens is 1. The van der Waals surface area contributed by atoms with Crippen molar-refractivity contribution in [2.24, 2.45) is 0 Å². The lowest BCUT2D eigenvalue weighted by Gasteiger charge is -2.34. The molecule has 0 aromatic heterocycles. The normalized spacial score (nSPS) is 12.5. The molecule has 39 heavy (non-hydrogen) atoms. The van der Waals surface area contributed by atoms with E-state index in [-0.39, 0.29) is 23.0 Å². The molecule has 2 amide bonds. The van der Waals surface area contributed by atoms with Gasteiger partial charge in [0.05, 0.1) is 10.6 Å². The topological polar surface area (TPSA) is 86.8 Å². The van der Waals surface area contributed by atoms with E-state index < -0.39 is 39.9 Å². The van der Waals surface area contributed by atoms with Crippen molar-refractivity contribution in [3.8, 4) is 0 Å². The van der Waals surface area contributed by atoms with Crippen molar-refractivity contribution in [3.05, 3.63) is 95.8 Å². The Labute approximate surface area is 230 Å². The van der Waals surface area contributed by atoms with Crippen LogP contribution in [0.15, 0.2) is 83.8 Å². The van der Waals surface area contributed by atoms with Gasteiger partial charge in [0, 0.05) is 12.1 Å². The van der Waals surface area contributed by atoms with Gasteiger partial charge in [0.15, 0.2) is 0 Å². The highest BCUT2D eigenvalue weighted by molar-refractivity contribution is 7.92. The van der Waals surface area contributed by atoms with Gasteiger partial charge in [-0.05, 0) is 76.1 Å². The van der Waals surface area contributed by atoms with Gasteiger partial charge in [0.1, 0.15) is 18.4 Å². The van der Waals surface area contributed by atoms with E-state index in [2.05, 4.69) is 5.32 Å². The Hall–Kier alpha value is -3.72. The number of hydrogen-bond donors (Lipinski definition) is 1. The lowest BCUT2D eigenvalue weighted by atomic mass is 10.1. The van der Waals surface area contributed by atoms with Gasteiger partial charge in [-0.15, -0.1) is 0 Å². The number of sulfonamides is 1. The van der Waals surface area contributed by atoms with Gasteiger partial charge in [0.2, 0.25) is 11.8 Å². The predicted molar refractivity (Wildman–Crippen MR) is 151 cm³/mol. The van der Waals surface area contributed by atoms with E-state index >= 15 is 0 Å². The fraction of sp³-hybridized carbons (Fsp3) is 0.333. The molecule has 0 unspecified atom stereocenters. The highest BCUT2D eigenvalue weighted by Crippen LogP contribution is 2.25. The quantitative estimate of drug-likeness (QED) is 0.381. The number of aryl methyl sites for hydroxylation is 1. The summed E-state index contributed by atoms with van der Waals surface area (Å²) in [5.74, 6) is -1.43. The molecule has 0 heterocycles. The lowest BCUT2D eigenvalue weighted by molar-refractivity contribution is -0.141. The summed E-state index contributed by atoms with van der Waals surface area (Å²) in [6, 6.07) is 19.5. The zero-order chi connectivity index (χ0) is 28.8. The molecule has 208 valence electrons. The Morgan fingerprint density at radius 2 is 1.51 bits per heavy atom. The van der Waals surface area contributed by atoms with Crippen LogP contribution in [0, 0.1) is 12.7 Å². The van der Waals surface area contributed by atoms with Crippen molar-refractivity contribution < 1.29 is 22.4 Å². The smallest absolute Gasteiger partial charge is 0.264 e. The Morgan fingerprint density at radius 1 is 0.923 bits per heavy atom. The Bertz CT molecular complexity index is 1370. The van der Waals surface area contributed by atoms with Crippen molar-refractivity contribution in [2.75, 3.05) is 10.8 Å². The van der Waals surface area contributed by atoms with Gasteiger partial charge in [-0.1, -0.05) is 55.0 Å². The summed E-state index contributed by atoms with van der Waals surface area (Å²) < 4.78 is 42.0. The summed E-state index contributed by atoms with van der Waals surface area (Å²) in [6.07, 6.45) is 0.329. The van der Waals surface area contributed by atoms with Crippen molar-refractivity contribution in [1.29, 1.82) is 0 Å². The first kappa shape index (κ1) is 29.8. The van der Waals surface area contributed by atoms with E-state index in [1.165, 1.54) is 17.0 Å². The monoisotopic (exact) mass is 553 g/mol. The number of amides is 2. The minimum absolute atomic E-state index is 0.119. The first-order valence-electron chi connectivity index (χ1n) is 12.8. The molecule has 3 aromatic rings. The molecule has 0 aliphatic rings. The van der Waals surface area contributed by atoms with Crippen LogP contribution in [0.1, 0.15) is 45.2 Å². The molecule has 1 N–H and O–H groups in total. The fourth-order valence-electron chi connectivity index (χ4n) is 4.12. The number of rotatable bonds is 10. The molecule has 7 nitrogen and oxygen atoms in total. The van der Waals surface area contributed by atoms with Crippen molar-refractivity contribution in [1.82, 2.24) is 10.2 Å². The second-order valence-electron chi connectivity index (χ2n) is 10.5. The molecule has 3 aromatic carbocycles. The zero-order valence-electron chi connectivity index (χ0n) is 23.0. The average Bonchev–Trinajstić information content (AvgIpc) is 2.87. The van der Waals surface area contributed by atoms with Crippen LogP contribution in [0.3, 0.4) is 0 Å². The second-order valence-corrected chi connectivity index (χ2v) is 12.3. The minimum atomic E-state index is -4.24. The van der Waals surface area contributed by atoms with Crippen LogP contribution < -0.4 is 9.62 Å². The molecular weight excluding hydrogens is 517 g/mol. The van der Waals surface area contributed by atoms with Gasteiger partial charge in [-0.3, -0.25) is 13.9 Å². The van der Waals surface area contributed by atoms with Crippen LogP contribution in [-0.4, -0.2) is 43.3 Å². The number of nitrogens with one attached hydrogen (secondary N) is 1. The van der Waals surface area contributed by atoms with Crippen LogP contribution in [0.25, 0.3) is 0 Å². The third-order valence-electron chi connectivity index (χ3n) is 6.08. The van der Waals surface area contributed by atoms with Gasteiger partial charge >= 0.3 is 0 Å².